The molecule has 0 saturated heterocycles. The second-order valence-electron chi connectivity index (χ2n) is 7.82. The van der Waals surface area contributed by atoms with Gasteiger partial charge in [-0.3, -0.25) is 0 Å². The number of rotatable bonds is 3. The largest absolute Gasteiger partial charge is 4.00 e. The topological polar surface area (TPSA) is 0 Å². The van der Waals surface area contributed by atoms with E-state index in [0.29, 0.717) is 5.92 Å². The van der Waals surface area contributed by atoms with Crippen LogP contribution in [0.3, 0.4) is 0 Å². The summed E-state index contributed by atoms with van der Waals surface area (Å²) in [6.45, 7) is 15.6. The van der Waals surface area contributed by atoms with E-state index >= 15 is 0 Å². The molecular formula is C25H29Cl3Ti. The third kappa shape index (κ3) is 6.68. The number of halogens is 3. The van der Waals surface area contributed by atoms with Crippen LogP contribution < -0.4 is 37.2 Å². The molecule has 0 aliphatic carbocycles. The van der Waals surface area contributed by atoms with Crippen molar-refractivity contribution in [2.24, 2.45) is 0 Å². The van der Waals surface area contributed by atoms with E-state index in [-0.39, 0.29) is 58.9 Å². The third-order valence-electron chi connectivity index (χ3n) is 5.30. The standard InChI is InChI=1S/C25H29.3ClH.Ti/c1-15-8-16(2)11-22(10-15)25(23-12-17(3)9-18(4)13-23)24-20(6)14-19(5)21(24)7;;;;/h8-14,25H,1-7H3;3*1H;/q-1;;;;+4/p-3. The first-order valence-electron chi connectivity index (χ1n) is 9.16. The van der Waals surface area contributed by atoms with E-state index in [2.05, 4.69) is 90.9 Å². The smallest absolute Gasteiger partial charge is 1.00 e. The Morgan fingerprint density at radius 1 is 0.552 bits per heavy atom. The second-order valence-corrected chi connectivity index (χ2v) is 7.82. The van der Waals surface area contributed by atoms with Gasteiger partial charge < -0.3 is 37.2 Å². The summed E-state index contributed by atoms with van der Waals surface area (Å²) in [5.41, 5.74) is 13.9. The van der Waals surface area contributed by atoms with Crippen LogP contribution in [0, 0.1) is 48.5 Å². The summed E-state index contributed by atoms with van der Waals surface area (Å²) in [4.78, 5) is 0. The van der Waals surface area contributed by atoms with Gasteiger partial charge >= 0.3 is 21.7 Å². The van der Waals surface area contributed by atoms with E-state index in [4.69, 9.17) is 0 Å². The maximum atomic E-state index is 2.36. The molecule has 0 spiro atoms. The first-order chi connectivity index (χ1) is 11.8. The summed E-state index contributed by atoms with van der Waals surface area (Å²) >= 11 is 0. The zero-order valence-corrected chi connectivity index (χ0v) is 22.1. The minimum Gasteiger partial charge on any atom is -1.00 e. The van der Waals surface area contributed by atoms with Gasteiger partial charge in [0, 0.05) is 0 Å². The van der Waals surface area contributed by atoms with Gasteiger partial charge in [-0.05, 0) is 44.7 Å². The van der Waals surface area contributed by atoms with Crippen molar-refractivity contribution in [3.05, 3.63) is 98.1 Å². The molecule has 3 aromatic rings. The van der Waals surface area contributed by atoms with Gasteiger partial charge in [-0.2, -0.15) is 16.7 Å². The summed E-state index contributed by atoms with van der Waals surface area (Å²) in [7, 11) is 0. The van der Waals surface area contributed by atoms with Crippen LogP contribution in [0.5, 0.6) is 0 Å². The monoisotopic (exact) mass is 482 g/mol. The molecule has 0 radical (unpaired) electrons. The molecule has 0 aromatic heterocycles. The van der Waals surface area contributed by atoms with Crippen LogP contribution in [0.1, 0.15) is 61.6 Å². The van der Waals surface area contributed by atoms with Gasteiger partial charge in [-0.25, -0.2) is 6.07 Å². The minimum atomic E-state index is 0. The number of hydrogen-bond donors (Lipinski definition) is 0. The molecule has 0 aliphatic rings. The van der Waals surface area contributed by atoms with Crippen molar-refractivity contribution in [3.63, 3.8) is 0 Å². The molecule has 0 atom stereocenters. The molecule has 3 aromatic carbocycles. The van der Waals surface area contributed by atoms with Crippen LogP contribution in [-0.2, 0) is 21.7 Å². The van der Waals surface area contributed by atoms with Crippen LogP contribution in [-0.4, -0.2) is 0 Å². The van der Waals surface area contributed by atoms with Crippen molar-refractivity contribution in [2.45, 2.75) is 54.4 Å². The van der Waals surface area contributed by atoms with Crippen LogP contribution in [0.2, 0.25) is 0 Å². The van der Waals surface area contributed by atoms with E-state index in [9.17, 15) is 0 Å². The number of hydrogen-bond acceptors (Lipinski definition) is 0. The molecular weight excluding hydrogens is 455 g/mol. The molecule has 0 heterocycles. The van der Waals surface area contributed by atoms with Gasteiger partial charge in [0.05, 0.1) is 0 Å². The van der Waals surface area contributed by atoms with Crippen molar-refractivity contribution in [1.29, 1.82) is 0 Å². The normalized spacial score (nSPS) is 9.79. The van der Waals surface area contributed by atoms with Gasteiger partial charge in [0.1, 0.15) is 0 Å². The summed E-state index contributed by atoms with van der Waals surface area (Å²) in [6.07, 6.45) is 0. The number of aryl methyl sites for hydroxylation is 6. The molecule has 0 fully saturated rings. The quantitative estimate of drug-likeness (QED) is 0.292. The van der Waals surface area contributed by atoms with Crippen molar-refractivity contribution < 1.29 is 58.9 Å². The molecule has 0 unspecified atom stereocenters. The Balaban J connectivity index is 0. The van der Waals surface area contributed by atoms with E-state index in [1.807, 2.05) is 0 Å². The molecule has 29 heavy (non-hydrogen) atoms. The zero-order chi connectivity index (χ0) is 18.3. The summed E-state index contributed by atoms with van der Waals surface area (Å²) in [6, 6.07) is 16.3. The van der Waals surface area contributed by atoms with Crippen LogP contribution in [0.25, 0.3) is 0 Å². The van der Waals surface area contributed by atoms with Gasteiger partial charge in [-0.15, -0.1) is 5.56 Å². The summed E-state index contributed by atoms with van der Waals surface area (Å²) in [5.74, 6) is 0.297. The Morgan fingerprint density at radius 3 is 1.17 bits per heavy atom. The fourth-order valence-electron chi connectivity index (χ4n) is 4.34. The van der Waals surface area contributed by atoms with Crippen molar-refractivity contribution in [3.8, 4) is 0 Å². The van der Waals surface area contributed by atoms with E-state index < -0.39 is 0 Å². The van der Waals surface area contributed by atoms with E-state index in [1.165, 1.54) is 55.6 Å². The van der Waals surface area contributed by atoms with Gasteiger partial charge in [-0.1, -0.05) is 79.4 Å². The SMILES string of the molecule is Cc1cc(C)cc(C(c2cc(C)cc(C)c2)[c-]2c(C)cc(C)c2C)c1.[Cl-].[Cl-].[Cl-].[Ti+4]. The molecule has 0 aliphatic heterocycles. The molecule has 0 N–H and O–H groups in total. The Hall–Kier alpha value is -0.626. The maximum absolute atomic E-state index is 2.36. The van der Waals surface area contributed by atoms with Crippen molar-refractivity contribution >= 4 is 0 Å². The Bertz CT molecular complexity index is 849. The minimum absolute atomic E-state index is 0. The molecule has 154 valence electrons. The third-order valence-corrected chi connectivity index (χ3v) is 5.30. The molecule has 4 heteroatoms. The molecule has 0 saturated carbocycles. The van der Waals surface area contributed by atoms with E-state index in [0.717, 1.165) is 0 Å². The van der Waals surface area contributed by atoms with Gasteiger partial charge in [0.2, 0.25) is 0 Å². The Morgan fingerprint density at radius 2 is 0.897 bits per heavy atom. The van der Waals surface area contributed by atoms with Crippen molar-refractivity contribution in [1.82, 2.24) is 0 Å². The van der Waals surface area contributed by atoms with Gasteiger partial charge in [0.25, 0.3) is 0 Å². The number of benzene rings is 2. The molecule has 0 nitrogen and oxygen atoms in total. The first kappa shape index (κ1) is 30.6. The average Bonchev–Trinajstić information content (AvgIpc) is 2.72. The zero-order valence-electron chi connectivity index (χ0n) is 18.3. The molecule has 3 rings (SSSR count). The maximum Gasteiger partial charge on any atom is 4.00 e. The molecule has 0 bridgehead atoms. The van der Waals surface area contributed by atoms with Crippen LogP contribution >= 0.6 is 0 Å². The fourth-order valence-corrected chi connectivity index (χ4v) is 4.34. The predicted octanol–water partition coefficient (Wildman–Crippen LogP) is -2.25. The van der Waals surface area contributed by atoms with Crippen LogP contribution in [0.15, 0.2) is 42.5 Å². The second kappa shape index (κ2) is 12.3. The molecule has 0 amide bonds. The first-order valence-corrected chi connectivity index (χ1v) is 9.16. The summed E-state index contributed by atoms with van der Waals surface area (Å²) < 4.78 is 0. The van der Waals surface area contributed by atoms with Gasteiger partial charge in [0.15, 0.2) is 0 Å². The Kier molecular flexibility index (Phi) is 12.9. The predicted molar refractivity (Wildman–Crippen MR) is 109 cm³/mol. The fraction of sp³-hybridized carbons (Fsp3) is 0.320. The summed E-state index contributed by atoms with van der Waals surface area (Å²) in [5, 5.41) is 0. The van der Waals surface area contributed by atoms with Crippen LogP contribution in [0.4, 0.5) is 0 Å². The van der Waals surface area contributed by atoms with E-state index in [1.54, 1.807) is 0 Å². The average molecular weight is 484 g/mol. The Labute approximate surface area is 210 Å². The van der Waals surface area contributed by atoms with Crippen molar-refractivity contribution in [2.75, 3.05) is 0 Å².